The number of hydrogen-bond acceptors (Lipinski definition) is 5. The predicted octanol–water partition coefficient (Wildman–Crippen LogP) is -0.00250. The van der Waals surface area contributed by atoms with Crippen LogP contribution in [0.2, 0.25) is 0 Å². The molecular formula is C13H27Cl2N3O3. The number of amides is 1. The highest BCUT2D eigenvalue weighted by Gasteiger charge is 2.31. The van der Waals surface area contributed by atoms with E-state index in [-0.39, 0.29) is 36.8 Å². The molecule has 1 amide bonds. The van der Waals surface area contributed by atoms with Gasteiger partial charge >= 0.3 is 0 Å². The van der Waals surface area contributed by atoms with Gasteiger partial charge in [-0.05, 0) is 6.92 Å². The van der Waals surface area contributed by atoms with Crippen molar-refractivity contribution < 1.29 is 14.3 Å². The molecule has 0 bridgehead atoms. The first-order chi connectivity index (χ1) is 9.22. The minimum atomic E-state index is -0.300. The van der Waals surface area contributed by atoms with E-state index in [1.54, 1.807) is 7.11 Å². The van der Waals surface area contributed by atoms with Crippen LogP contribution in [-0.2, 0) is 14.3 Å². The third-order valence-electron chi connectivity index (χ3n) is 3.86. The second-order valence-corrected chi connectivity index (χ2v) is 5.23. The zero-order chi connectivity index (χ0) is 13.7. The Hall–Kier alpha value is -0.110. The Kier molecular flexibility index (Phi) is 10.5. The summed E-state index contributed by atoms with van der Waals surface area (Å²) in [5.74, 6) is 0.130. The smallest absolute Gasteiger partial charge is 0.253 e. The second kappa shape index (κ2) is 10.6. The molecule has 0 saturated carbocycles. The van der Waals surface area contributed by atoms with Crippen LogP contribution in [0.25, 0.3) is 0 Å². The fourth-order valence-corrected chi connectivity index (χ4v) is 2.66. The molecule has 0 aromatic carbocycles. The van der Waals surface area contributed by atoms with E-state index in [9.17, 15) is 4.79 Å². The van der Waals surface area contributed by atoms with Gasteiger partial charge in [0.2, 0.25) is 0 Å². The number of piperazine rings is 1. The zero-order valence-corrected chi connectivity index (χ0v) is 14.4. The van der Waals surface area contributed by atoms with Crippen LogP contribution in [-0.4, -0.2) is 87.4 Å². The maximum Gasteiger partial charge on any atom is 0.253 e. The molecule has 8 heteroatoms. The maximum atomic E-state index is 12.3. The lowest BCUT2D eigenvalue weighted by atomic mass is 10.1. The van der Waals surface area contributed by atoms with Gasteiger partial charge in [0.1, 0.15) is 6.10 Å². The number of carbonyl (C=O) groups is 1. The third-order valence-corrected chi connectivity index (χ3v) is 3.86. The molecule has 2 saturated heterocycles. The van der Waals surface area contributed by atoms with E-state index in [1.807, 2.05) is 4.90 Å². The van der Waals surface area contributed by atoms with E-state index in [0.717, 1.165) is 39.3 Å². The Morgan fingerprint density at radius 2 is 2.14 bits per heavy atom. The van der Waals surface area contributed by atoms with Gasteiger partial charge in [-0.1, -0.05) is 0 Å². The van der Waals surface area contributed by atoms with Crippen LogP contribution in [0.1, 0.15) is 6.92 Å². The Morgan fingerprint density at radius 3 is 2.71 bits per heavy atom. The number of nitrogens with one attached hydrogen (secondary N) is 1. The highest BCUT2D eigenvalue weighted by Crippen LogP contribution is 2.12. The molecule has 2 aliphatic rings. The average molecular weight is 344 g/mol. The van der Waals surface area contributed by atoms with E-state index >= 15 is 0 Å². The van der Waals surface area contributed by atoms with E-state index in [0.29, 0.717) is 19.2 Å². The molecule has 2 atom stereocenters. The summed E-state index contributed by atoms with van der Waals surface area (Å²) in [5, 5.41) is 3.20. The summed E-state index contributed by atoms with van der Waals surface area (Å²) in [4.78, 5) is 16.6. The van der Waals surface area contributed by atoms with Crippen molar-refractivity contribution in [1.29, 1.82) is 0 Å². The van der Waals surface area contributed by atoms with Crippen LogP contribution < -0.4 is 5.32 Å². The summed E-state index contributed by atoms with van der Waals surface area (Å²) in [6.07, 6.45) is -0.300. The number of ether oxygens (including phenoxy) is 2. The SMILES string of the molecule is COCCN1CCN(C(=O)C2CNCCO2)CC1C.Cl.Cl. The predicted molar refractivity (Wildman–Crippen MR) is 86.6 cm³/mol. The van der Waals surface area contributed by atoms with Crippen molar-refractivity contribution in [2.45, 2.75) is 19.1 Å². The number of carbonyl (C=O) groups excluding carboxylic acids is 1. The minimum absolute atomic E-state index is 0. The highest BCUT2D eigenvalue weighted by molar-refractivity contribution is 5.85. The molecule has 2 unspecified atom stereocenters. The van der Waals surface area contributed by atoms with Crippen LogP contribution >= 0.6 is 24.8 Å². The van der Waals surface area contributed by atoms with Gasteiger partial charge in [0.25, 0.3) is 5.91 Å². The summed E-state index contributed by atoms with van der Waals surface area (Å²) in [5.41, 5.74) is 0. The van der Waals surface area contributed by atoms with Gasteiger partial charge in [-0.25, -0.2) is 0 Å². The summed E-state index contributed by atoms with van der Waals surface area (Å²) >= 11 is 0. The van der Waals surface area contributed by atoms with E-state index < -0.39 is 0 Å². The normalized spacial score (nSPS) is 26.7. The Morgan fingerprint density at radius 1 is 1.38 bits per heavy atom. The Balaban J connectivity index is 0.00000200. The Bertz CT molecular complexity index is 304. The molecular weight excluding hydrogens is 317 g/mol. The quantitative estimate of drug-likeness (QED) is 0.778. The summed E-state index contributed by atoms with van der Waals surface area (Å²) in [6, 6.07) is 0.379. The molecule has 21 heavy (non-hydrogen) atoms. The molecule has 0 aromatic heterocycles. The van der Waals surface area contributed by atoms with Gasteiger partial charge in [0.05, 0.1) is 13.2 Å². The van der Waals surface area contributed by atoms with E-state index in [2.05, 4.69) is 17.1 Å². The molecule has 2 rings (SSSR count). The lowest BCUT2D eigenvalue weighted by Crippen LogP contribution is -2.58. The molecule has 2 fully saturated rings. The third kappa shape index (κ3) is 5.88. The van der Waals surface area contributed by atoms with Crippen molar-refractivity contribution >= 4 is 30.7 Å². The molecule has 0 radical (unpaired) electrons. The molecule has 6 nitrogen and oxygen atoms in total. The summed E-state index contributed by atoms with van der Waals surface area (Å²) in [6.45, 7) is 8.41. The molecule has 126 valence electrons. The zero-order valence-electron chi connectivity index (χ0n) is 12.7. The number of hydrogen-bond donors (Lipinski definition) is 1. The van der Waals surface area contributed by atoms with Crippen molar-refractivity contribution in [3.8, 4) is 0 Å². The number of nitrogens with zero attached hydrogens (tertiary/aromatic N) is 2. The first-order valence-electron chi connectivity index (χ1n) is 7.06. The van der Waals surface area contributed by atoms with Gasteiger partial charge < -0.3 is 19.7 Å². The van der Waals surface area contributed by atoms with Crippen molar-refractivity contribution in [1.82, 2.24) is 15.1 Å². The van der Waals surface area contributed by atoms with Crippen molar-refractivity contribution in [2.75, 3.05) is 59.6 Å². The van der Waals surface area contributed by atoms with Crippen LogP contribution in [0.3, 0.4) is 0 Å². The van der Waals surface area contributed by atoms with Crippen molar-refractivity contribution in [3.05, 3.63) is 0 Å². The standard InChI is InChI=1S/C13H25N3O3.2ClH/c1-11-10-16(5-4-15(11)6-8-18-2)13(17)12-9-14-3-7-19-12;;/h11-12,14H,3-10H2,1-2H3;2*1H. The highest BCUT2D eigenvalue weighted by atomic mass is 35.5. The average Bonchev–Trinajstić information content (AvgIpc) is 2.46. The van der Waals surface area contributed by atoms with Crippen LogP contribution in [0, 0.1) is 0 Å². The van der Waals surface area contributed by atoms with E-state index in [1.165, 1.54) is 0 Å². The molecule has 0 aromatic rings. The van der Waals surface area contributed by atoms with Crippen LogP contribution in [0.4, 0.5) is 0 Å². The minimum Gasteiger partial charge on any atom is -0.383 e. The number of halogens is 2. The van der Waals surface area contributed by atoms with E-state index in [4.69, 9.17) is 9.47 Å². The Labute approximate surface area is 139 Å². The first kappa shape index (κ1) is 20.9. The van der Waals surface area contributed by atoms with Crippen LogP contribution in [0.15, 0.2) is 0 Å². The lowest BCUT2D eigenvalue weighted by molar-refractivity contribution is -0.148. The maximum absolute atomic E-state index is 12.3. The summed E-state index contributed by atoms with van der Waals surface area (Å²) < 4.78 is 10.6. The van der Waals surface area contributed by atoms with Gasteiger partial charge in [0.15, 0.2) is 0 Å². The van der Waals surface area contributed by atoms with Crippen molar-refractivity contribution in [3.63, 3.8) is 0 Å². The van der Waals surface area contributed by atoms with Crippen LogP contribution in [0.5, 0.6) is 0 Å². The summed E-state index contributed by atoms with van der Waals surface area (Å²) in [7, 11) is 1.72. The molecule has 2 aliphatic heterocycles. The van der Waals surface area contributed by atoms with Gasteiger partial charge in [0, 0.05) is 52.4 Å². The number of morpholine rings is 1. The van der Waals surface area contributed by atoms with Gasteiger partial charge in [-0.2, -0.15) is 0 Å². The fourth-order valence-electron chi connectivity index (χ4n) is 2.66. The molecule has 2 heterocycles. The molecule has 0 spiro atoms. The topological polar surface area (TPSA) is 54.0 Å². The molecule has 1 N–H and O–H groups in total. The first-order valence-corrected chi connectivity index (χ1v) is 7.06. The van der Waals surface area contributed by atoms with Gasteiger partial charge in [-0.15, -0.1) is 24.8 Å². The van der Waals surface area contributed by atoms with Crippen molar-refractivity contribution in [2.24, 2.45) is 0 Å². The molecule has 0 aliphatic carbocycles. The number of methoxy groups -OCH3 is 1. The van der Waals surface area contributed by atoms with Gasteiger partial charge in [-0.3, -0.25) is 9.69 Å². The second-order valence-electron chi connectivity index (χ2n) is 5.23. The monoisotopic (exact) mass is 343 g/mol. The largest absolute Gasteiger partial charge is 0.383 e. The fraction of sp³-hybridized carbons (Fsp3) is 0.923. The lowest BCUT2D eigenvalue weighted by Gasteiger charge is -2.41. The number of rotatable bonds is 4.